The topological polar surface area (TPSA) is 172 Å². The highest BCUT2D eigenvalue weighted by Gasteiger charge is 2.22. The molecule has 0 atom stereocenters. The van der Waals surface area contributed by atoms with Crippen molar-refractivity contribution in [1.29, 1.82) is 0 Å². The Morgan fingerprint density at radius 3 is 1.73 bits per heavy atom. The van der Waals surface area contributed by atoms with E-state index in [1.807, 2.05) is 0 Å². The highest BCUT2D eigenvalue weighted by Crippen LogP contribution is 2.37. The lowest BCUT2D eigenvalue weighted by molar-refractivity contribution is 0.0985. The number of thiazole rings is 2. The minimum atomic E-state index is -0.635. The van der Waals surface area contributed by atoms with E-state index in [2.05, 4.69) is 16.5 Å². The number of nitrogens with zero attached hydrogens (tertiary/aromatic N) is 2. The third-order valence-corrected chi connectivity index (χ3v) is 9.89. The normalized spacial score (nSPS) is 13.0. The quantitative estimate of drug-likeness (QED) is 0.130. The second-order valence-corrected chi connectivity index (χ2v) is 13.0. The summed E-state index contributed by atoms with van der Waals surface area (Å²) >= 11 is 12.9. The van der Waals surface area contributed by atoms with Crippen LogP contribution < -0.4 is 35.8 Å². The van der Waals surface area contributed by atoms with E-state index in [1.54, 1.807) is 39.1 Å². The summed E-state index contributed by atoms with van der Waals surface area (Å²) in [6, 6.07) is 6.63. The van der Waals surface area contributed by atoms with Crippen molar-refractivity contribution < 1.29 is 28.5 Å². The van der Waals surface area contributed by atoms with Crippen LogP contribution in [-0.2, 0) is 0 Å². The number of hydrogen-bond donors (Lipinski definition) is 3. The molecular formula is C28H19N5O8S4. The van der Waals surface area contributed by atoms with Crippen molar-refractivity contribution in [2.75, 3.05) is 13.6 Å². The Morgan fingerprint density at radius 1 is 0.822 bits per heavy atom. The molecule has 0 unspecified atom stereocenters. The number of aromatic nitrogens is 4. The van der Waals surface area contributed by atoms with E-state index in [9.17, 15) is 19.2 Å². The van der Waals surface area contributed by atoms with Gasteiger partial charge in [0.1, 0.15) is 21.0 Å². The molecular weight excluding hydrogens is 663 g/mol. The van der Waals surface area contributed by atoms with Gasteiger partial charge in [0.15, 0.2) is 36.7 Å². The maximum Gasteiger partial charge on any atom is 0.262 e. The Hall–Kier alpha value is -4.84. The molecule has 0 spiro atoms. The van der Waals surface area contributed by atoms with Crippen LogP contribution in [0.25, 0.3) is 33.1 Å². The minimum absolute atomic E-state index is 0.0655. The number of H-pyrrole nitrogens is 2. The second kappa shape index (κ2) is 11.0. The maximum absolute atomic E-state index is 12.5. The number of hydrogen-bond acceptors (Lipinski definition) is 12. The first-order chi connectivity index (χ1) is 21.7. The fourth-order valence-electron chi connectivity index (χ4n) is 5.06. The number of nitrogens with two attached hydrogens (primary N) is 1. The van der Waals surface area contributed by atoms with Crippen LogP contribution in [0.15, 0.2) is 46.5 Å². The average molecular weight is 682 g/mol. The summed E-state index contributed by atoms with van der Waals surface area (Å²) in [5, 5.41) is 0.836. The van der Waals surface area contributed by atoms with E-state index in [4.69, 9.17) is 49.1 Å². The van der Waals surface area contributed by atoms with Crippen LogP contribution in [0.1, 0.15) is 32.2 Å². The first-order valence-corrected chi connectivity index (χ1v) is 15.6. The first kappa shape index (κ1) is 28.9. The summed E-state index contributed by atoms with van der Waals surface area (Å²) < 4.78 is 25.5. The van der Waals surface area contributed by atoms with Crippen LogP contribution in [0.5, 0.6) is 23.0 Å². The molecule has 1 amide bonds. The Bertz CT molecular complexity index is 2520. The van der Waals surface area contributed by atoms with Gasteiger partial charge in [0.25, 0.3) is 17.0 Å². The molecule has 0 saturated heterocycles. The van der Waals surface area contributed by atoms with Crippen molar-refractivity contribution in [3.05, 3.63) is 75.3 Å². The van der Waals surface area contributed by atoms with Gasteiger partial charge in [-0.25, -0.2) is 0 Å². The van der Waals surface area contributed by atoms with Gasteiger partial charge in [-0.3, -0.25) is 28.0 Å². The van der Waals surface area contributed by atoms with Gasteiger partial charge in [-0.05, 0) is 43.0 Å². The third kappa shape index (κ3) is 4.71. The van der Waals surface area contributed by atoms with Gasteiger partial charge in [-0.1, -0.05) is 28.7 Å². The van der Waals surface area contributed by atoms with Gasteiger partial charge >= 0.3 is 0 Å². The third-order valence-electron chi connectivity index (χ3n) is 7.09. The van der Waals surface area contributed by atoms with Crippen molar-refractivity contribution in [3.8, 4) is 23.0 Å². The second-order valence-electron chi connectivity index (χ2n) is 9.73. The van der Waals surface area contributed by atoms with Gasteiger partial charge < -0.3 is 34.6 Å². The highest BCUT2D eigenvalue weighted by molar-refractivity contribution is 7.73. The van der Waals surface area contributed by atoms with E-state index in [0.29, 0.717) is 81.7 Å². The molecule has 2 aliphatic rings. The number of rotatable bonds is 5. The van der Waals surface area contributed by atoms with Crippen molar-refractivity contribution >= 4 is 91.9 Å². The lowest BCUT2D eigenvalue weighted by Crippen LogP contribution is -2.14. The van der Waals surface area contributed by atoms with E-state index in [0.717, 1.165) is 11.3 Å². The Labute approximate surface area is 268 Å². The first-order valence-electron chi connectivity index (χ1n) is 13.1. The lowest BCUT2D eigenvalue weighted by atomic mass is 10.2. The molecule has 0 radical (unpaired) electrons. The zero-order valence-electron chi connectivity index (χ0n) is 22.8. The van der Waals surface area contributed by atoms with Crippen molar-refractivity contribution in [1.82, 2.24) is 18.8 Å². The smallest absolute Gasteiger partial charge is 0.262 e. The number of aromatic amines is 2. The lowest BCUT2D eigenvalue weighted by Gasteiger charge is -2.05. The molecule has 0 bridgehead atoms. The summed E-state index contributed by atoms with van der Waals surface area (Å²) in [6.07, 6.45) is 2.59. The van der Waals surface area contributed by atoms with Crippen LogP contribution in [-0.4, -0.2) is 44.0 Å². The number of nitrogens with one attached hydrogen (secondary N) is 2. The average Bonchev–Trinajstić information content (AvgIpc) is 3.80. The summed E-state index contributed by atoms with van der Waals surface area (Å²) in [7, 11) is 0. The van der Waals surface area contributed by atoms with E-state index < -0.39 is 5.91 Å². The van der Waals surface area contributed by atoms with Gasteiger partial charge in [-0.15, -0.1) is 6.58 Å². The highest BCUT2D eigenvalue weighted by atomic mass is 32.2. The fraction of sp³-hybridized carbons (Fsp3) is 0.143. The Balaban J connectivity index is 0.000000146. The van der Waals surface area contributed by atoms with Crippen LogP contribution in [0.3, 0.4) is 0 Å². The largest absolute Gasteiger partial charge is 0.454 e. The van der Waals surface area contributed by atoms with Crippen LogP contribution >= 0.6 is 47.1 Å². The molecule has 0 aliphatic carbocycles. The predicted octanol–water partition coefficient (Wildman–Crippen LogP) is 4.85. The molecule has 17 heteroatoms. The summed E-state index contributed by atoms with van der Waals surface area (Å²) in [4.78, 5) is 54.7. The molecule has 2 aliphatic heterocycles. The van der Waals surface area contributed by atoms with Crippen LogP contribution in [0.2, 0.25) is 0 Å². The predicted molar refractivity (Wildman–Crippen MR) is 173 cm³/mol. The van der Waals surface area contributed by atoms with E-state index in [1.165, 1.54) is 11.3 Å². The van der Waals surface area contributed by atoms with Crippen molar-refractivity contribution in [2.45, 2.75) is 12.8 Å². The SMILES string of the molecule is C=CCCC(=O)c1sc(=S)n2c1[nH]c(=O)c1cc3c(cc12)OCO3.NC(=O)c1sc(=S)n2c1[nH]c(=O)c1cc3c(cc12)OCO3. The number of ether oxygens (including phenoxy) is 4. The number of fused-ring (bicyclic) bond motifs is 8. The number of benzene rings is 2. The monoisotopic (exact) mass is 681 g/mol. The van der Waals surface area contributed by atoms with E-state index >= 15 is 0 Å². The van der Waals surface area contributed by atoms with Crippen LogP contribution in [0.4, 0.5) is 0 Å². The molecule has 4 N–H and O–H groups in total. The molecule has 4 aromatic heterocycles. The molecule has 2 aromatic carbocycles. The molecule has 0 fully saturated rings. The van der Waals surface area contributed by atoms with Gasteiger partial charge in [0.05, 0.1) is 21.8 Å². The molecule has 0 saturated carbocycles. The summed E-state index contributed by atoms with van der Waals surface area (Å²) in [5.74, 6) is 1.42. The molecule has 6 aromatic rings. The molecule has 228 valence electrons. The molecule has 6 heterocycles. The van der Waals surface area contributed by atoms with E-state index in [-0.39, 0.29) is 35.4 Å². The molecule has 8 rings (SSSR count). The number of primary amides is 1. The maximum atomic E-state index is 12.5. The van der Waals surface area contributed by atoms with Crippen molar-refractivity contribution in [2.24, 2.45) is 5.73 Å². The zero-order valence-corrected chi connectivity index (χ0v) is 26.1. The minimum Gasteiger partial charge on any atom is -0.454 e. The fourth-order valence-corrected chi connectivity index (χ4v) is 7.64. The zero-order chi connectivity index (χ0) is 31.6. The Kier molecular flexibility index (Phi) is 7.03. The summed E-state index contributed by atoms with van der Waals surface area (Å²) in [6.45, 7) is 3.85. The van der Waals surface area contributed by atoms with Crippen molar-refractivity contribution in [3.63, 3.8) is 0 Å². The number of allylic oxidation sites excluding steroid dienone is 1. The van der Waals surface area contributed by atoms with Crippen LogP contribution in [0, 0.1) is 7.91 Å². The van der Waals surface area contributed by atoms with Gasteiger partial charge in [-0.2, -0.15) is 0 Å². The van der Waals surface area contributed by atoms with Gasteiger partial charge in [0, 0.05) is 18.6 Å². The number of ketones is 1. The number of amides is 1. The number of carbonyl (C=O) groups is 2. The molecule has 45 heavy (non-hydrogen) atoms. The summed E-state index contributed by atoms with van der Waals surface area (Å²) in [5.41, 5.74) is 6.55. The molecule has 13 nitrogen and oxygen atoms in total. The van der Waals surface area contributed by atoms with Gasteiger partial charge in [0.2, 0.25) is 13.6 Å². The number of Topliss-reactive ketones (excluding diaryl/α,β-unsaturated/α-hetero) is 1. The Morgan fingerprint density at radius 2 is 1.27 bits per heavy atom. The standard InChI is InChI=1S/C16H12N2O4S2.C12H7N3O4S2/c1-2-3-4-10(19)13-14-17-15(20)8-5-11-12(22-7-21-11)6-9(8)18(14)16(23)24-13;13-9(16)8-10-14-11(17)4-1-6-7(19-3-18-6)2-5(4)15(10)12(20)21-8/h2,5-6H,1,3-4,7H2,(H,17,20);1-2H,3H2,(H2,13,16)(H,14,17). The number of carbonyl (C=O) groups excluding carboxylic acids is 2.